The zero-order valence-corrected chi connectivity index (χ0v) is 9.97. The summed E-state index contributed by atoms with van der Waals surface area (Å²) in [6.45, 7) is 0. The molecule has 1 amide bonds. The minimum absolute atomic E-state index is 0.0437. The Morgan fingerprint density at radius 3 is 2.81 bits per heavy atom. The molecule has 0 aliphatic heterocycles. The third-order valence-electron chi connectivity index (χ3n) is 1.83. The zero-order valence-electron chi connectivity index (χ0n) is 9.15. The minimum atomic E-state index is -1.17. The summed E-state index contributed by atoms with van der Waals surface area (Å²) < 4.78 is 15.9. The monoisotopic (exact) mass is 242 g/mol. The molecule has 0 saturated heterocycles. The molecule has 16 heavy (non-hydrogen) atoms. The maximum absolute atomic E-state index is 11.4. The lowest BCUT2D eigenvalue weighted by Crippen LogP contribution is -2.19. The van der Waals surface area contributed by atoms with Gasteiger partial charge in [0, 0.05) is 22.7 Å². The number of hydrogen-bond donors (Lipinski definition) is 2. The van der Waals surface area contributed by atoms with Crippen molar-refractivity contribution in [3.05, 3.63) is 18.2 Å². The number of rotatable bonds is 4. The van der Waals surface area contributed by atoms with Gasteiger partial charge in [-0.2, -0.15) is 0 Å². The second kappa shape index (κ2) is 5.50. The van der Waals surface area contributed by atoms with Crippen molar-refractivity contribution in [1.29, 1.82) is 0 Å². The average Bonchev–Trinajstić information content (AvgIpc) is 2.16. The number of hydrogen-bond acceptors (Lipinski definition) is 4. The number of benzene rings is 1. The van der Waals surface area contributed by atoms with Crippen LogP contribution in [0.4, 0.5) is 11.4 Å². The van der Waals surface area contributed by atoms with Gasteiger partial charge in [-0.05, 0) is 18.2 Å². The van der Waals surface area contributed by atoms with Crippen molar-refractivity contribution >= 4 is 28.1 Å². The number of anilines is 2. The van der Waals surface area contributed by atoms with Crippen LogP contribution >= 0.6 is 0 Å². The number of methoxy groups -OCH3 is 1. The average molecular weight is 242 g/mol. The zero-order chi connectivity index (χ0) is 12.1. The highest BCUT2D eigenvalue weighted by molar-refractivity contribution is 7.85. The van der Waals surface area contributed by atoms with E-state index in [9.17, 15) is 9.00 Å². The molecule has 0 fully saturated rings. The fraction of sp³-hybridized carbons (Fsp3) is 0.300. The Labute approximate surface area is 96.4 Å². The van der Waals surface area contributed by atoms with Crippen LogP contribution in [0.3, 0.4) is 0 Å². The van der Waals surface area contributed by atoms with Crippen molar-refractivity contribution in [2.75, 3.05) is 30.2 Å². The Kier molecular flexibility index (Phi) is 4.30. The fourth-order valence-corrected chi connectivity index (χ4v) is 1.64. The molecule has 0 aromatic heterocycles. The molecule has 1 unspecified atom stereocenters. The van der Waals surface area contributed by atoms with Crippen molar-refractivity contribution in [3.8, 4) is 5.75 Å². The largest absolute Gasteiger partial charge is 0.495 e. The Morgan fingerprint density at radius 2 is 2.25 bits per heavy atom. The van der Waals surface area contributed by atoms with Gasteiger partial charge in [0.2, 0.25) is 5.91 Å². The van der Waals surface area contributed by atoms with Crippen LogP contribution in [0.25, 0.3) is 0 Å². The van der Waals surface area contributed by atoms with Crippen LogP contribution in [0.5, 0.6) is 5.75 Å². The van der Waals surface area contributed by atoms with E-state index in [1.165, 1.54) is 13.4 Å². The van der Waals surface area contributed by atoms with E-state index in [0.717, 1.165) is 0 Å². The lowest BCUT2D eigenvalue weighted by Gasteiger charge is -2.10. The molecule has 0 aliphatic carbocycles. The van der Waals surface area contributed by atoms with E-state index in [1.807, 2.05) is 0 Å². The number of nitrogens with one attached hydrogen (secondary N) is 1. The predicted molar refractivity (Wildman–Crippen MR) is 65.0 cm³/mol. The normalized spacial score (nSPS) is 11.9. The first kappa shape index (κ1) is 12.5. The number of nitrogens with two attached hydrogens (primary N) is 1. The van der Waals surface area contributed by atoms with Crippen LogP contribution in [0.15, 0.2) is 18.2 Å². The second-order valence-corrected chi connectivity index (χ2v) is 4.66. The van der Waals surface area contributed by atoms with Crippen LogP contribution in [-0.2, 0) is 15.6 Å². The quantitative estimate of drug-likeness (QED) is 0.757. The SMILES string of the molecule is COc1ccc(N)cc1NC(=O)CS(C)=O. The van der Waals surface area contributed by atoms with E-state index in [4.69, 9.17) is 10.5 Å². The molecule has 0 saturated carbocycles. The Morgan fingerprint density at radius 1 is 1.56 bits per heavy atom. The summed E-state index contributed by atoms with van der Waals surface area (Å²) in [5.41, 5.74) is 6.60. The molecule has 88 valence electrons. The first-order valence-electron chi connectivity index (χ1n) is 4.56. The van der Waals surface area contributed by atoms with Crippen molar-refractivity contribution < 1.29 is 13.7 Å². The van der Waals surface area contributed by atoms with Gasteiger partial charge in [0.05, 0.1) is 12.8 Å². The van der Waals surface area contributed by atoms with Crippen molar-refractivity contribution in [2.24, 2.45) is 0 Å². The summed E-state index contributed by atoms with van der Waals surface area (Å²) >= 11 is 0. The van der Waals surface area contributed by atoms with Gasteiger partial charge in [0.1, 0.15) is 11.5 Å². The topological polar surface area (TPSA) is 81.4 Å². The molecule has 0 bridgehead atoms. The summed E-state index contributed by atoms with van der Waals surface area (Å²) in [4.78, 5) is 11.4. The molecular weight excluding hydrogens is 228 g/mol. The predicted octanol–water partition coefficient (Wildman–Crippen LogP) is 0.594. The Balaban J connectivity index is 2.83. The fourth-order valence-electron chi connectivity index (χ4n) is 1.19. The van der Waals surface area contributed by atoms with Crippen molar-refractivity contribution in [2.45, 2.75) is 0 Å². The summed E-state index contributed by atoms with van der Waals surface area (Å²) in [6, 6.07) is 4.93. The molecular formula is C10H14N2O3S. The molecule has 0 radical (unpaired) electrons. The Bertz CT molecular complexity index is 421. The van der Waals surface area contributed by atoms with Crippen molar-refractivity contribution in [1.82, 2.24) is 0 Å². The molecule has 3 N–H and O–H groups in total. The highest BCUT2D eigenvalue weighted by Gasteiger charge is 2.09. The molecule has 5 nitrogen and oxygen atoms in total. The molecule has 1 aromatic rings. The minimum Gasteiger partial charge on any atom is -0.495 e. The van der Waals surface area contributed by atoms with Crippen LogP contribution in [0, 0.1) is 0 Å². The molecule has 1 aromatic carbocycles. The van der Waals surface area contributed by atoms with Gasteiger partial charge in [-0.1, -0.05) is 0 Å². The maximum atomic E-state index is 11.4. The number of amides is 1. The van der Waals surface area contributed by atoms with Gasteiger partial charge in [-0.15, -0.1) is 0 Å². The highest BCUT2D eigenvalue weighted by atomic mass is 32.2. The summed E-state index contributed by atoms with van der Waals surface area (Å²) in [5, 5.41) is 2.60. The first-order valence-corrected chi connectivity index (χ1v) is 6.29. The molecule has 6 heteroatoms. The molecule has 1 atom stereocenters. The van der Waals surface area contributed by atoms with Gasteiger partial charge in [0.25, 0.3) is 0 Å². The van der Waals surface area contributed by atoms with Gasteiger partial charge in [0.15, 0.2) is 0 Å². The number of ether oxygens (including phenoxy) is 1. The van der Waals surface area contributed by atoms with Gasteiger partial charge in [-0.3, -0.25) is 9.00 Å². The molecule has 0 heterocycles. The molecule has 0 aliphatic rings. The number of nitrogen functional groups attached to an aromatic ring is 1. The maximum Gasteiger partial charge on any atom is 0.237 e. The van der Waals surface area contributed by atoms with Gasteiger partial charge < -0.3 is 15.8 Å². The van der Waals surface area contributed by atoms with E-state index in [2.05, 4.69) is 5.32 Å². The summed E-state index contributed by atoms with van der Waals surface area (Å²) in [5.74, 6) is 0.145. The van der Waals surface area contributed by atoms with E-state index in [0.29, 0.717) is 17.1 Å². The third-order valence-corrected chi connectivity index (χ3v) is 2.50. The van der Waals surface area contributed by atoms with Gasteiger partial charge in [-0.25, -0.2) is 0 Å². The van der Waals surface area contributed by atoms with E-state index >= 15 is 0 Å². The number of carbonyl (C=O) groups excluding carboxylic acids is 1. The second-order valence-electron chi connectivity index (χ2n) is 3.23. The van der Waals surface area contributed by atoms with E-state index < -0.39 is 10.8 Å². The smallest absolute Gasteiger partial charge is 0.237 e. The van der Waals surface area contributed by atoms with Crippen LogP contribution in [0.2, 0.25) is 0 Å². The lowest BCUT2D eigenvalue weighted by atomic mass is 10.2. The highest BCUT2D eigenvalue weighted by Crippen LogP contribution is 2.26. The molecule has 0 spiro atoms. The van der Waals surface area contributed by atoms with Crippen LogP contribution < -0.4 is 15.8 Å². The third kappa shape index (κ3) is 3.54. The summed E-state index contributed by atoms with van der Waals surface area (Å²) in [6.07, 6.45) is 1.47. The Hall–Kier alpha value is -1.56. The summed E-state index contributed by atoms with van der Waals surface area (Å²) in [7, 11) is 0.332. The van der Waals surface area contributed by atoms with E-state index in [-0.39, 0.29) is 11.7 Å². The van der Waals surface area contributed by atoms with Gasteiger partial charge >= 0.3 is 0 Å². The molecule has 1 rings (SSSR count). The number of carbonyl (C=O) groups is 1. The lowest BCUT2D eigenvalue weighted by molar-refractivity contribution is -0.113. The van der Waals surface area contributed by atoms with E-state index in [1.54, 1.807) is 18.2 Å². The first-order chi connectivity index (χ1) is 7.52. The van der Waals surface area contributed by atoms with Crippen molar-refractivity contribution in [3.63, 3.8) is 0 Å². The van der Waals surface area contributed by atoms with Crippen LogP contribution in [-0.4, -0.2) is 29.2 Å². The van der Waals surface area contributed by atoms with Crippen LogP contribution in [0.1, 0.15) is 0 Å². The standard InChI is InChI=1S/C10H14N2O3S/c1-15-9-4-3-7(11)5-8(9)12-10(13)6-16(2)14/h3-5H,6,11H2,1-2H3,(H,12,13).